The minimum Gasteiger partial charge on any atom is -0.490 e. The van der Waals surface area contributed by atoms with Gasteiger partial charge in [-0.3, -0.25) is 9.59 Å². The van der Waals surface area contributed by atoms with Gasteiger partial charge in [0, 0.05) is 5.56 Å². The standard InChI is InChI=1S/C26H24FN3O5/c1-4-9-18-13-17(15-22(34-6-3)24(18)35-12-5-2)14-21-25(32)30(26(33)29-21)16-23(31)28-20-11-8-7-10-19(20)27/h2,4,7-8,10-11,13-15H,1,6,9,12,16H2,3H3,(H,28,31)(H,29,33)/b21-14+. The number of anilines is 1. The largest absolute Gasteiger partial charge is 0.490 e. The Morgan fingerprint density at radius 3 is 2.74 bits per heavy atom. The van der Waals surface area contributed by atoms with Crippen molar-refractivity contribution in [1.29, 1.82) is 0 Å². The normalized spacial score (nSPS) is 13.9. The van der Waals surface area contributed by atoms with Crippen LogP contribution in [-0.2, 0) is 16.0 Å². The first-order valence-electron chi connectivity index (χ1n) is 10.7. The van der Waals surface area contributed by atoms with E-state index in [2.05, 4.69) is 23.1 Å². The number of para-hydroxylation sites is 1. The fourth-order valence-electron chi connectivity index (χ4n) is 3.39. The Hall–Kier alpha value is -4.58. The predicted octanol–water partition coefficient (Wildman–Crippen LogP) is 3.50. The molecule has 0 saturated carbocycles. The zero-order valence-electron chi connectivity index (χ0n) is 19.1. The smallest absolute Gasteiger partial charge is 0.329 e. The average Bonchev–Trinajstić information content (AvgIpc) is 3.08. The summed E-state index contributed by atoms with van der Waals surface area (Å²) >= 11 is 0. The molecule has 1 heterocycles. The maximum Gasteiger partial charge on any atom is 0.329 e. The lowest BCUT2D eigenvalue weighted by Crippen LogP contribution is -2.38. The zero-order valence-corrected chi connectivity index (χ0v) is 19.1. The van der Waals surface area contributed by atoms with Crippen LogP contribution in [0.25, 0.3) is 6.08 Å². The van der Waals surface area contributed by atoms with E-state index >= 15 is 0 Å². The summed E-state index contributed by atoms with van der Waals surface area (Å²) < 4.78 is 25.1. The SMILES string of the molecule is C#CCOc1c(CC=C)cc(/C=C2/NC(=O)N(CC(=O)Nc3ccccc3F)C2=O)cc1OCC. The van der Waals surface area contributed by atoms with Crippen LogP contribution in [0, 0.1) is 18.2 Å². The molecule has 1 aliphatic rings. The molecular formula is C26H24FN3O5. The molecule has 0 atom stereocenters. The third kappa shape index (κ3) is 6.06. The summed E-state index contributed by atoms with van der Waals surface area (Å²) in [5.74, 6) is 1.26. The molecule has 4 amide bonds. The summed E-state index contributed by atoms with van der Waals surface area (Å²) in [4.78, 5) is 38.2. The second-order valence-electron chi connectivity index (χ2n) is 7.33. The summed E-state index contributed by atoms with van der Waals surface area (Å²) in [5, 5.41) is 4.81. The molecule has 1 saturated heterocycles. The van der Waals surface area contributed by atoms with E-state index in [1.54, 1.807) is 24.3 Å². The monoisotopic (exact) mass is 477 g/mol. The zero-order chi connectivity index (χ0) is 25.4. The number of imide groups is 1. The van der Waals surface area contributed by atoms with Gasteiger partial charge in [-0.05, 0) is 49.2 Å². The Balaban J connectivity index is 1.84. The Morgan fingerprint density at radius 1 is 1.29 bits per heavy atom. The molecule has 0 bridgehead atoms. The topological polar surface area (TPSA) is 97.0 Å². The lowest BCUT2D eigenvalue weighted by molar-refractivity contribution is -0.127. The molecule has 1 fully saturated rings. The van der Waals surface area contributed by atoms with Crippen LogP contribution in [0.15, 0.2) is 54.8 Å². The maximum absolute atomic E-state index is 13.8. The van der Waals surface area contributed by atoms with Gasteiger partial charge in [0.1, 0.15) is 24.7 Å². The van der Waals surface area contributed by atoms with Crippen molar-refractivity contribution in [2.24, 2.45) is 0 Å². The molecule has 2 aromatic rings. The van der Waals surface area contributed by atoms with E-state index in [9.17, 15) is 18.8 Å². The number of carbonyl (C=O) groups excluding carboxylic acids is 3. The van der Waals surface area contributed by atoms with Crippen molar-refractivity contribution in [1.82, 2.24) is 10.2 Å². The predicted molar refractivity (Wildman–Crippen MR) is 129 cm³/mol. The van der Waals surface area contributed by atoms with E-state index in [0.29, 0.717) is 30.1 Å². The van der Waals surface area contributed by atoms with E-state index in [-0.39, 0.29) is 18.0 Å². The Kier molecular flexibility index (Phi) is 8.24. The highest BCUT2D eigenvalue weighted by Gasteiger charge is 2.35. The van der Waals surface area contributed by atoms with Crippen LogP contribution < -0.4 is 20.1 Å². The first kappa shape index (κ1) is 25.1. The van der Waals surface area contributed by atoms with Gasteiger partial charge in [-0.25, -0.2) is 14.1 Å². The molecule has 2 N–H and O–H groups in total. The van der Waals surface area contributed by atoms with E-state index in [1.165, 1.54) is 24.3 Å². The van der Waals surface area contributed by atoms with E-state index in [0.717, 1.165) is 10.5 Å². The fraction of sp³-hybridized carbons (Fsp3) is 0.192. The number of amides is 4. The molecule has 9 heteroatoms. The van der Waals surface area contributed by atoms with Crippen LogP contribution in [0.2, 0.25) is 0 Å². The van der Waals surface area contributed by atoms with Crippen LogP contribution in [0.3, 0.4) is 0 Å². The van der Waals surface area contributed by atoms with Gasteiger partial charge in [0.25, 0.3) is 5.91 Å². The molecule has 8 nitrogen and oxygen atoms in total. The molecule has 0 aromatic heterocycles. The molecule has 2 aromatic carbocycles. The van der Waals surface area contributed by atoms with E-state index < -0.39 is 30.2 Å². The molecule has 3 rings (SSSR count). The summed E-state index contributed by atoms with van der Waals surface area (Å²) in [6, 6.07) is 8.23. The maximum atomic E-state index is 13.8. The number of benzene rings is 2. The van der Waals surface area contributed by atoms with Crippen molar-refractivity contribution < 1.29 is 28.2 Å². The van der Waals surface area contributed by atoms with Crippen LogP contribution in [0.5, 0.6) is 11.5 Å². The average molecular weight is 477 g/mol. The second kappa shape index (κ2) is 11.5. The van der Waals surface area contributed by atoms with Gasteiger partial charge in [-0.15, -0.1) is 13.0 Å². The first-order chi connectivity index (χ1) is 16.9. The van der Waals surface area contributed by atoms with E-state index in [4.69, 9.17) is 15.9 Å². The van der Waals surface area contributed by atoms with Crippen LogP contribution in [-0.4, -0.2) is 42.5 Å². The number of terminal acetylenes is 1. The molecule has 0 radical (unpaired) electrons. The molecule has 35 heavy (non-hydrogen) atoms. The number of nitrogens with one attached hydrogen (secondary N) is 2. The number of rotatable bonds is 10. The van der Waals surface area contributed by atoms with Gasteiger partial charge >= 0.3 is 6.03 Å². The van der Waals surface area contributed by atoms with Gasteiger partial charge in [0.05, 0.1) is 12.3 Å². The molecule has 180 valence electrons. The Morgan fingerprint density at radius 2 is 2.06 bits per heavy atom. The van der Waals surface area contributed by atoms with Gasteiger partial charge in [-0.2, -0.15) is 0 Å². The van der Waals surface area contributed by atoms with Crippen molar-refractivity contribution in [3.8, 4) is 23.8 Å². The summed E-state index contributed by atoms with van der Waals surface area (Å²) in [7, 11) is 0. The number of allylic oxidation sites excluding steroid dienone is 1. The van der Waals surface area contributed by atoms with Crippen LogP contribution in [0.1, 0.15) is 18.1 Å². The quantitative estimate of drug-likeness (QED) is 0.236. The molecular weight excluding hydrogens is 453 g/mol. The molecule has 0 spiro atoms. The van der Waals surface area contributed by atoms with Crippen LogP contribution >= 0.6 is 0 Å². The fourth-order valence-corrected chi connectivity index (χ4v) is 3.39. The highest BCUT2D eigenvalue weighted by molar-refractivity contribution is 6.16. The Bertz CT molecular complexity index is 1230. The minimum absolute atomic E-state index is 0.0296. The van der Waals surface area contributed by atoms with Gasteiger partial charge < -0.3 is 20.1 Å². The number of ether oxygens (including phenoxy) is 2. The van der Waals surface area contributed by atoms with Gasteiger partial charge in [0.15, 0.2) is 11.5 Å². The summed E-state index contributed by atoms with van der Waals surface area (Å²) in [6.45, 7) is 5.39. The third-order valence-corrected chi connectivity index (χ3v) is 4.84. The summed E-state index contributed by atoms with van der Waals surface area (Å²) in [5.41, 5.74) is 1.20. The number of carbonyl (C=O) groups is 3. The summed E-state index contributed by atoms with van der Waals surface area (Å²) in [6.07, 6.45) is 8.91. The van der Waals surface area contributed by atoms with Crippen molar-refractivity contribution in [2.45, 2.75) is 13.3 Å². The minimum atomic E-state index is -0.768. The number of hydrogen-bond acceptors (Lipinski definition) is 5. The number of halogens is 1. The second-order valence-corrected chi connectivity index (χ2v) is 7.33. The molecule has 1 aliphatic heterocycles. The Labute approximate surface area is 202 Å². The number of urea groups is 1. The van der Waals surface area contributed by atoms with Crippen molar-refractivity contribution in [2.75, 3.05) is 25.1 Å². The highest BCUT2D eigenvalue weighted by atomic mass is 19.1. The number of nitrogens with zero attached hydrogens (tertiary/aromatic N) is 1. The van der Waals surface area contributed by atoms with Crippen LogP contribution in [0.4, 0.5) is 14.9 Å². The lowest BCUT2D eigenvalue weighted by Gasteiger charge is -2.15. The van der Waals surface area contributed by atoms with Gasteiger partial charge in [0.2, 0.25) is 5.91 Å². The van der Waals surface area contributed by atoms with Gasteiger partial charge in [-0.1, -0.05) is 24.1 Å². The molecule has 0 unspecified atom stereocenters. The van der Waals surface area contributed by atoms with Crippen molar-refractivity contribution >= 4 is 29.6 Å². The number of hydrogen-bond donors (Lipinski definition) is 2. The van der Waals surface area contributed by atoms with Crippen molar-refractivity contribution in [3.63, 3.8) is 0 Å². The highest BCUT2D eigenvalue weighted by Crippen LogP contribution is 2.35. The lowest BCUT2D eigenvalue weighted by atomic mass is 10.0. The first-order valence-corrected chi connectivity index (χ1v) is 10.7. The molecule has 0 aliphatic carbocycles. The van der Waals surface area contributed by atoms with Crippen molar-refractivity contribution in [3.05, 3.63) is 71.7 Å². The van der Waals surface area contributed by atoms with E-state index in [1.807, 2.05) is 6.92 Å². The third-order valence-electron chi connectivity index (χ3n) is 4.84.